The van der Waals surface area contributed by atoms with E-state index in [4.69, 9.17) is 0 Å². The van der Waals surface area contributed by atoms with Gasteiger partial charge >= 0.3 is 0 Å². The summed E-state index contributed by atoms with van der Waals surface area (Å²) in [5.74, 6) is 0.528. The molecule has 0 aliphatic carbocycles. The van der Waals surface area contributed by atoms with E-state index in [2.05, 4.69) is 60.5 Å². The van der Waals surface area contributed by atoms with E-state index in [-0.39, 0.29) is 0 Å². The van der Waals surface area contributed by atoms with Crippen molar-refractivity contribution >= 4 is 22.6 Å². The van der Waals surface area contributed by atoms with Gasteiger partial charge in [0.25, 0.3) is 0 Å². The number of aromatic nitrogens is 1. The summed E-state index contributed by atoms with van der Waals surface area (Å²) in [6.45, 7) is 6.54. The lowest BCUT2D eigenvalue weighted by atomic mass is 10.1. The second kappa shape index (κ2) is 4.21. The van der Waals surface area contributed by atoms with Crippen molar-refractivity contribution in [1.29, 1.82) is 0 Å². The van der Waals surface area contributed by atoms with Gasteiger partial charge in [-0.2, -0.15) is 0 Å². The van der Waals surface area contributed by atoms with Crippen LogP contribution < -0.4 is 0 Å². The van der Waals surface area contributed by atoms with Crippen LogP contribution in [-0.2, 0) is 0 Å². The van der Waals surface area contributed by atoms with Crippen LogP contribution in [0.15, 0.2) is 18.3 Å². The van der Waals surface area contributed by atoms with E-state index in [1.807, 2.05) is 6.20 Å². The van der Waals surface area contributed by atoms with Crippen LogP contribution in [0.1, 0.15) is 41.9 Å². The van der Waals surface area contributed by atoms with Gasteiger partial charge in [-0.25, -0.2) is 0 Å². The third-order valence-electron chi connectivity index (χ3n) is 1.86. The molecule has 1 rings (SSSR count). The molecule has 0 aromatic carbocycles. The van der Waals surface area contributed by atoms with Crippen molar-refractivity contribution < 1.29 is 0 Å². The van der Waals surface area contributed by atoms with Crippen LogP contribution in [0.2, 0.25) is 0 Å². The molecule has 2 heteroatoms. The van der Waals surface area contributed by atoms with E-state index in [0.29, 0.717) is 9.84 Å². The fourth-order valence-electron chi connectivity index (χ4n) is 1.03. The molecule has 1 aromatic heterocycles. The quantitative estimate of drug-likeness (QED) is 0.592. The molecule has 0 saturated carbocycles. The molecule has 66 valence electrons. The van der Waals surface area contributed by atoms with Crippen LogP contribution >= 0.6 is 22.6 Å². The first-order valence-corrected chi connectivity index (χ1v) is 5.45. The van der Waals surface area contributed by atoms with Gasteiger partial charge in [0, 0.05) is 15.8 Å². The number of pyridine rings is 1. The summed E-state index contributed by atoms with van der Waals surface area (Å²) in [5, 5.41) is 0. The SMILES string of the molecule is CC(C)c1cc(C(C)I)ccn1. The summed E-state index contributed by atoms with van der Waals surface area (Å²) in [6, 6.07) is 4.28. The molecule has 12 heavy (non-hydrogen) atoms. The number of hydrogen-bond donors (Lipinski definition) is 0. The molecule has 1 unspecified atom stereocenters. The number of rotatable bonds is 2. The van der Waals surface area contributed by atoms with Gasteiger partial charge in [0.2, 0.25) is 0 Å². The first-order chi connectivity index (χ1) is 5.61. The minimum absolute atomic E-state index is 0.528. The molecular formula is C10H14IN. The van der Waals surface area contributed by atoms with Gasteiger partial charge in [0.05, 0.1) is 0 Å². The predicted octanol–water partition coefficient (Wildman–Crippen LogP) is 3.70. The van der Waals surface area contributed by atoms with Crippen molar-refractivity contribution in [3.63, 3.8) is 0 Å². The Labute approximate surface area is 87.7 Å². The van der Waals surface area contributed by atoms with Crippen LogP contribution in [0.25, 0.3) is 0 Å². The summed E-state index contributed by atoms with van der Waals surface area (Å²) >= 11 is 2.42. The zero-order chi connectivity index (χ0) is 9.14. The molecule has 0 N–H and O–H groups in total. The summed E-state index contributed by atoms with van der Waals surface area (Å²) < 4.78 is 0.572. The largest absolute Gasteiger partial charge is 0.261 e. The van der Waals surface area contributed by atoms with E-state index in [1.54, 1.807) is 0 Å². The van der Waals surface area contributed by atoms with Crippen LogP contribution in [-0.4, -0.2) is 4.98 Å². The predicted molar refractivity (Wildman–Crippen MR) is 60.8 cm³/mol. The standard InChI is InChI=1S/C10H14IN/c1-7(2)10-6-9(8(3)11)4-5-12-10/h4-8H,1-3H3. The topological polar surface area (TPSA) is 12.9 Å². The summed E-state index contributed by atoms with van der Waals surface area (Å²) in [7, 11) is 0. The first-order valence-electron chi connectivity index (χ1n) is 4.21. The van der Waals surface area contributed by atoms with E-state index in [0.717, 1.165) is 0 Å². The van der Waals surface area contributed by atoms with E-state index < -0.39 is 0 Å². The van der Waals surface area contributed by atoms with Gasteiger partial charge in [-0.05, 0) is 30.5 Å². The van der Waals surface area contributed by atoms with Crippen LogP contribution in [0.5, 0.6) is 0 Å². The highest BCUT2D eigenvalue weighted by molar-refractivity contribution is 14.1. The zero-order valence-corrected chi connectivity index (χ0v) is 9.87. The highest BCUT2D eigenvalue weighted by Gasteiger charge is 2.04. The van der Waals surface area contributed by atoms with E-state index >= 15 is 0 Å². The van der Waals surface area contributed by atoms with E-state index in [1.165, 1.54) is 11.3 Å². The van der Waals surface area contributed by atoms with Crippen molar-refractivity contribution in [3.8, 4) is 0 Å². The fourth-order valence-corrected chi connectivity index (χ4v) is 1.42. The lowest BCUT2D eigenvalue weighted by Crippen LogP contribution is -1.94. The number of halogens is 1. The molecule has 1 atom stereocenters. The Balaban J connectivity index is 2.96. The highest BCUT2D eigenvalue weighted by atomic mass is 127. The summed E-state index contributed by atoms with van der Waals surface area (Å²) in [4.78, 5) is 4.32. The van der Waals surface area contributed by atoms with Crippen molar-refractivity contribution in [2.75, 3.05) is 0 Å². The average Bonchev–Trinajstić information content (AvgIpc) is 2.04. The molecule has 0 saturated heterocycles. The highest BCUT2D eigenvalue weighted by Crippen LogP contribution is 2.23. The second-order valence-electron chi connectivity index (χ2n) is 3.28. The summed E-state index contributed by atoms with van der Waals surface area (Å²) in [6.07, 6.45) is 1.90. The van der Waals surface area contributed by atoms with E-state index in [9.17, 15) is 0 Å². The molecule has 0 fully saturated rings. The smallest absolute Gasteiger partial charge is 0.0432 e. The second-order valence-corrected chi connectivity index (χ2v) is 5.15. The zero-order valence-electron chi connectivity index (χ0n) is 7.71. The van der Waals surface area contributed by atoms with Gasteiger partial charge in [-0.15, -0.1) is 0 Å². The maximum atomic E-state index is 4.32. The Morgan fingerprint density at radius 2 is 2.00 bits per heavy atom. The Bertz CT molecular complexity index is 233. The molecule has 0 aliphatic heterocycles. The molecule has 0 bridgehead atoms. The van der Waals surface area contributed by atoms with Gasteiger partial charge in [0.15, 0.2) is 0 Å². The molecule has 0 amide bonds. The normalized spacial score (nSPS) is 13.4. The maximum Gasteiger partial charge on any atom is 0.0432 e. The molecule has 1 nitrogen and oxygen atoms in total. The number of nitrogens with zero attached hydrogens (tertiary/aromatic N) is 1. The number of hydrogen-bond acceptors (Lipinski definition) is 1. The molecule has 1 heterocycles. The third-order valence-corrected chi connectivity index (χ3v) is 2.58. The monoisotopic (exact) mass is 275 g/mol. The molecular weight excluding hydrogens is 261 g/mol. The van der Waals surface area contributed by atoms with Crippen molar-refractivity contribution in [2.45, 2.75) is 30.6 Å². The lowest BCUT2D eigenvalue weighted by Gasteiger charge is -2.08. The van der Waals surface area contributed by atoms with Crippen LogP contribution in [0.3, 0.4) is 0 Å². The van der Waals surface area contributed by atoms with Gasteiger partial charge in [0.1, 0.15) is 0 Å². The molecule has 0 aliphatic rings. The van der Waals surface area contributed by atoms with Crippen molar-refractivity contribution in [1.82, 2.24) is 4.98 Å². The molecule has 0 radical (unpaired) electrons. The summed E-state index contributed by atoms with van der Waals surface area (Å²) in [5.41, 5.74) is 2.56. The fraction of sp³-hybridized carbons (Fsp3) is 0.500. The van der Waals surface area contributed by atoms with Gasteiger partial charge in [-0.3, -0.25) is 4.98 Å². The van der Waals surface area contributed by atoms with Gasteiger partial charge in [-0.1, -0.05) is 36.4 Å². The molecule has 1 aromatic rings. The third kappa shape index (κ3) is 2.44. The van der Waals surface area contributed by atoms with Crippen LogP contribution in [0, 0.1) is 0 Å². The Kier molecular flexibility index (Phi) is 3.50. The van der Waals surface area contributed by atoms with Crippen LogP contribution in [0.4, 0.5) is 0 Å². The van der Waals surface area contributed by atoms with Crippen molar-refractivity contribution in [3.05, 3.63) is 29.6 Å². The Morgan fingerprint density at radius 3 is 2.50 bits per heavy atom. The minimum atomic E-state index is 0.528. The maximum absolute atomic E-state index is 4.32. The lowest BCUT2D eigenvalue weighted by molar-refractivity contribution is 0.818. The first kappa shape index (κ1) is 9.96. The average molecular weight is 275 g/mol. The minimum Gasteiger partial charge on any atom is -0.261 e. The molecule has 0 spiro atoms. The van der Waals surface area contributed by atoms with Gasteiger partial charge < -0.3 is 0 Å². The van der Waals surface area contributed by atoms with Crippen molar-refractivity contribution in [2.24, 2.45) is 0 Å². The number of alkyl halides is 1. The Hall–Kier alpha value is -0.120. The Morgan fingerprint density at radius 1 is 1.33 bits per heavy atom.